The highest BCUT2D eigenvalue weighted by Crippen LogP contribution is 2.10. The van der Waals surface area contributed by atoms with Crippen LogP contribution in [0.4, 0.5) is 0 Å². The van der Waals surface area contributed by atoms with E-state index in [0.717, 1.165) is 6.42 Å². The molecule has 0 spiro atoms. The van der Waals surface area contributed by atoms with Crippen molar-refractivity contribution in [2.24, 2.45) is 11.1 Å². The van der Waals surface area contributed by atoms with E-state index in [0.29, 0.717) is 26.2 Å². The smallest absolute Gasteiger partial charge is 0.277 e. The number of piperazine rings is 1. The van der Waals surface area contributed by atoms with Gasteiger partial charge in [0.2, 0.25) is 5.91 Å². The van der Waals surface area contributed by atoms with Gasteiger partial charge in [-0.2, -0.15) is 12.7 Å². The van der Waals surface area contributed by atoms with Crippen molar-refractivity contribution in [3.8, 4) is 0 Å². The Morgan fingerprint density at radius 1 is 1.31 bits per heavy atom. The van der Waals surface area contributed by atoms with Crippen LogP contribution in [0, 0.1) is 5.92 Å². The number of carbonyl (C=O) groups excluding carboxylic acids is 1. The van der Waals surface area contributed by atoms with E-state index in [9.17, 15) is 13.2 Å². The van der Waals surface area contributed by atoms with E-state index in [2.05, 4.69) is 0 Å². The molecule has 0 aromatic carbocycles. The molecule has 94 valence electrons. The molecular formula is C9H19N3O3S. The second-order valence-electron chi connectivity index (χ2n) is 4.08. The number of hydrogen-bond donors (Lipinski definition) is 1. The van der Waals surface area contributed by atoms with Crippen molar-refractivity contribution in [2.45, 2.75) is 20.3 Å². The Morgan fingerprint density at radius 3 is 2.19 bits per heavy atom. The van der Waals surface area contributed by atoms with E-state index in [-0.39, 0.29) is 11.8 Å². The second-order valence-corrected chi connectivity index (χ2v) is 5.62. The lowest BCUT2D eigenvalue weighted by atomic mass is 10.1. The van der Waals surface area contributed by atoms with Gasteiger partial charge >= 0.3 is 0 Å². The topological polar surface area (TPSA) is 83.7 Å². The number of hydrogen-bond acceptors (Lipinski definition) is 3. The van der Waals surface area contributed by atoms with Crippen LogP contribution in [-0.2, 0) is 15.0 Å². The molecule has 0 aliphatic carbocycles. The van der Waals surface area contributed by atoms with Gasteiger partial charge in [0.1, 0.15) is 0 Å². The van der Waals surface area contributed by atoms with Crippen molar-refractivity contribution < 1.29 is 13.2 Å². The van der Waals surface area contributed by atoms with Crippen LogP contribution < -0.4 is 5.14 Å². The minimum Gasteiger partial charge on any atom is -0.340 e. The Morgan fingerprint density at radius 2 is 1.81 bits per heavy atom. The zero-order chi connectivity index (χ0) is 12.3. The first-order valence-corrected chi connectivity index (χ1v) is 6.93. The molecule has 16 heavy (non-hydrogen) atoms. The van der Waals surface area contributed by atoms with Crippen LogP contribution in [0.5, 0.6) is 0 Å². The van der Waals surface area contributed by atoms with Gasteiger partial charge in [-0.15, -0.1) is 0 Å². The van der Waals surface area contributed by atoms with Crippen LogP contribution in [0.25, 0.3) is 0 Å². The SMILES string of the molecule is CCC(C)C(=O)N1CCN(S(N)(=O)=O)CC1. The van der Waals surface area contributed by atoms with Gasteiger partial charge in [0.15, 0.2) is 0 Å². The monoisotopic (exact) mass is 249 g/mol. The Hall–Kier alpha value is -0.660. The highest BCUT2D eigenvalue weighted by molar-refractivity contribution is 7.86. The van der Waals surface area contributed by atoms with Crippen molar-refractivity contribution in [3.63, 3.8) is 0 Å². The molecule has 1 aliphatic heterocycles. The van der Waals surface area contributed by atoms with Crippen LogP contribution in [-0.4, -0.2) is 49.7 Å². The quantitative estimate of drug-likeness (QED) is 0.723. The zero-order valence-corrected chi connectivity index (χ0v) is 10.5. The molecule has 1 amide bonds. The largest absolute Gasteiger partial charge is 0.340 e. The average molecular weight is 249 g/mol. The summed E-state index contributed by atoms with van der Waals surface area (Å²) in [5, 5.41) is 5.01. The first kappa shape index (κ1) is 13.4. The van der Waals surface area contributed by atoms with Crippen LogP contribution in [0.2, 0.25) is 0 Å². The standard InChI is InChI=1S/C9H19N3O3S/c1-3-8(2)9(13)11-4-6-12(7-5-11)16(10,14)15/h8H,3-7H2,1-2H3,(H2,10,14,15). The van der Waals surface area contributed by atoms with Gasteiger partial charge in [0, 0.05) is 32.1 Å². The normalized spacial score (nSPS) is 20.8. The van der Waals surface area contributed by atoms with E-state index in [1.807, 2.05) is 13.8 Å². The first-order valence-electron chi connectivity index (χ1n) is 5.43. The Balaban J connectivity index is 2.53. The van der Waals surface area contributed by atoms with Crippen LogP contribution in [0.15, 0.2) is 0 Å². The summed E-state index contributed by atoms with van der Waals surface area (Å²) in [5.41, 5.74) is 0. The molecule has 1 saturated heterocycles. The molecule has 1 atom stereocenters. The molecule has 0 aromatic heterocycles. The molecule has 7 heteroatoms. The number of amides is 1. The van der Waals surface area contributed by atoms with E-state index in [1.165, 1.54) is 4.31 Å². The minimum absolute atomic E-state index is 0.000957. The maximum Gasteiger partial charge on any atom is 0.277 e. The number of nitrogens with two attached hydrogens (primary N) is 1. The molecule has 0 bridgehead atoms. The van der Waals surface area contributed by atoms with Gasteiger partial charge < -0.3 is 4.90 Å². The predicted molar refractivity (Wildman–Crippen MR) is 60.7 cm³/mol. The molecule has 1 aliphatic rings. The van der Waals surface area contributed by atoms with E-state index in [4.69, 9.17) is 5.14 Å². The molecule has 1 heterocycles. The molecular weight excluding hydrogens is 230 g/mol. The summed E-state index contributed by atoms with van der Waals surface area (Å²) in [4.78, 5) is 13.5. The second kappa shape index (κ2) is 5.11. The molecule has 1 fully saturated rings. The van der Waals surface area contributed by atoms with E-state index in [1.54, 1.807) is 4.90 Å². The Bertz CT molecular complexity index is 347. The van der Waals surface area contributed by atoms with Gasteiger partial charge in [0.25, 0.3) is 10.2 Å². The molecule has 0 saturated carbocycles. The van der Waals surface area contributed by atoms with Crippen molar-refractivity contribution in [1.29, 1.82) is 0 Å². The van der Waals surface area contributed by atoms with Crippen LogP contribution in [0.1, 0.15) is 20.3 Å². The van der Waals surface area contributed by atoms with Gasteiger partial charge in [-0.25, -0.2) is 5.14 Å². The van der Waals surface area contributed by atoms with Crippen molar-refractivity contribution >= 4 is 16.1 Å². The Labute approximate surface area is 96.6 Å². The van der Waals surface area contributed by atoms with E-state index < -0.39 is 10.2 Å². The number of nitrogens with zero attached hydrogens (tertiary/aromatic N) is 2. The average Bonchev–Trinajstić information content (AvgIpc) is 2.26. The zero-order valence-electron chi connectivity index (χ0n) is 9.72. The third-order valence-electron chi connectivity index (χ3n) is 2.94. The highest BCUT2D eigenvalue weighted by Gasteiger charge is 2.27. The fourth-order valence-electron chi connectivity index (χ4n) is 1.65. The lowest BCUT2D eigenvalue weighted by molar-refractivity contribution is -0.136. The van der Waals surface area contributed by atoms with E-state index >= 15 is 0 Å². The number of carbonyl (C=O) groups is 1. The fraction of sp³-hybridized carbons (Fsp3) is 0.889. The van der Waals surface area contributed by atoms with Crippen molar-refractivity contribution in [2.75, 3.05) is 26.2 Å². The minimum atomic E-state index is -3.61. The van der Waals surface area contributed by atoms with Gasteiger partial charge in [-0.05, 0) is 6.42 Å². The summed E-state index contributed by atoms with van der Waals surface area (Å²) in [6, 6.07) is 0. The maximum absolute atomic E-state index is 11.8. The molecule has 0 radical (unpaired) electrons. The van der Waals surface area contributed by atoms with Crippen LogP contribution >= 0.6 is 0 Å². The molecule has 1 unspecified atom stereocenters. The summed E-state index contributed by atoms with van der Waals surface area (Å²) < 4.78 is 23.3. The van der Waals surface area contributed by atoms with Gasteiger partial charge in [-0.3, -0.25) is 4.79 Å². The highest BCUT2D eigenvalue weighted by atomic mass is 32.2. The molecule has 0 aromatic rings. The van der Waals surface area contributed by atoms with Crippen molar-refractivity contribution in [3.05, 3.63) is 0 Å². The summed E-state index contributed by atoms with van der Waals surface area (Å²) in [7, 11) is -3.61. The maximum atomic E-state index is 11.8. The number of rotatable bonds is 3. The fourth-order valence-corrected chi connectivity index (χ4v) is 2.32. The summed E-state index contributed by atoms with van der Waals surface area (Å²) >= 11 is 0. The summed E-state index contributed by atoms with van der Waals surface area (Å²) in [6.45, 7) is 5.29. The lowest BCUT2D eigenvalue weighted by Gasteiger charge is -2.34. The van der Waals surface area contributed by atoms with Gasteiger partial charge in [-0.1, -0.05) is 13.8 Å². The lowest BCUT2D eigenvalue weighted by Crippen LogP contribution is -2.53. The van der Waals surface area contributed by atoms with Gasteiger partial charge in [0.05, 0.1) is 0 Å². The third kappa shape index (κ3) is 3.16. The third-order valence-corrected chi connectivity index (χ3v) is 4.03. The molecule has 6 nitrogen and oxygen atoms in total. The molecule has 1 rings (SSSR count). The predicted octanol–water partition coefficient (Wildman–Crippen LogP) is -0.620. The summed E-state index contributed by atoms with van der Waals surface area (Å²) in [5.74, 6) is 0.0950. The molecule has 2 N–H and O–H groups in total. The van der Waals surface area contributed by atoms with Crippen molar-refractivity contribution in [1.82, 2.24) is 9.21 Å². The summed E-state index contributed by atoms with van der Waals surface area (Å²) in [6.07, 6.45) is 0.800. The van der Waals surface area contributed by atoms with Crippen LogP contribution in [0.3, 0.4) is 0 Å². The Kier molecular flexibility index (Phi) is 4.28. The first-order chi connectivity index (χ1) is 7.36.